The molecule has 0 saturated heterocycles. The maximum absolute atomic E-state index is 15.1. The summed E-state index contributed by atoms with van der Waals surface area (Å²) in [7, 11) is 0. The summed E-state index contributed by atoms with van der Waals surface area (Å²) in [5.74, 6) is -7.39. The van der Waals surface area contributed by atoms with E-state index in [-0.39, 0.29) is 27.8 Å². The average molecular weight is 653 g/mol. The van der Waals surface area contributed by atoms with Gasteiger partial charge in [0.25, 0.3) is 5.91 Å². The molecule has 230 valence electrons. The standard InChI is InChI=1S/C26H20Cl2F10N2O2/c1-11(2)21-18(27)7-14(8-19(21)28)16(25(33,34)35)9-20(29)13-4-5-15(17(6-13)26(36,37)38)23(42)40-12(3)22(41)39-10-24(30,31)32/h4-9,12,16H,1,10H2,2-3H3,(H,39,41)(H,40,42)/b20-9-/t12-,16?/m1/s1. The predicted octanol–water partition coefficient (Wildman–Crippen LogP) is 8.50. The van der Waals surface area contributed by atoms with Crippen LogP contribution in [0.5, 0.6) is 0 Å². The first-order chi connectivity index (χ1) is 19.0. The van der Waals surface area contributed by atoms with Gasteiger partial charge in [-0.1, -0.05) is 35.8 Å². The van der Waals surface area contributed by atoms with Crippen LogP contribution in [0.25, 0.3) is 11.4 Å². The third-order valence-electron chi connectivity index (χ3n) is 5.57. The third kappa shape index (κ3) is 9.12. The highest BCUT2D eigenvalue weighted by atomic mass is 35.5. The van der Waals surface area contributed by atoms with Crippen LogP contribution in [0.1, 0.15) is 52.4 Å². The molecule has 0 radical (unpaired) electrons. The van der Waals surface area contributed by atoms with E-state index in [0.717, 1.165) is 19.1 Å². The fraction of sp³-hybridized carbons (Fsp3) is 0.308. The Morgan fingerprint density at radius 2 is 1.52 bits per heavy atom. The topological polar surface area (TPSA) is 58.2 Å². The Morgan fingerprint density at radius 3 is 1.98 bits per heavy atom. The molecule has 16 heteroatoms. The molecule has 2 N–H and O–H groups in total. The maximum atomic E-state index is 15.1. The molecule has 2 amide bonds. The number of hydrogen-bond acceptors (Lipinski definition) is 2. The van der Waals surface area contributed by atoms with Crippen molar-refractivity contribution in [2.24, 2.45) is 0 Å². The van der Waals surface area contributed by atoms with Gasteiger partial charge in [-0.2, -0.15) is 39.5 Å². The quantitative estimate of drug-likeness (QED) is 0.281. The van der Waals surface area contributed by atoms with E-state index in [2.05, 4.69) is 6.58 Å². The van der Waals surface area contributed by atoms with Crippen LogP contribution < -0.4 is 10.6 Å². The van der Waals surface area contributed by atoms with Crippen molar-refractivity contribution >= 4 is 46.4 Å². The number of nitrogens with one attached hydrogen (secondary N) is 2. The molecule has 2 atom stereocenters. The van der Waals surface area contributed by atoms with Gasteiger partial charge in [0.05, 0.1) is 11.1 Å². The lowest BCUT2D eigenvalue weighted by Crippen LogP contribution is -2.47. The Labute approximate surface area is 242 Å². The number of halogens is 12. The highest BCUT2D eigenvalue weighted by Crippen LogP contribution is 2.43. The lowest BCUT2D eigenvalue weighted by Gasteiger charge is -2.20. The SMILES string of the molecule is C=C(C)c1c(Cl)cc(C(/C=C(\F)c2ccc(C(=O)N[C@H](C)C(=O)NCC(F)(F)F)c(C(F)(F)F)c2)C(F)(F)F)cc1Cl. The van der Waals surface area contributed by atoms with Crippen molar-refractivity contribution < 1.29 is 53.5 Å². The summed E-state index contributed by atoms with van der Waals surface area (Å²) in [5.41, 5.74) is -4.10. The Morgan fingerprint density at radius 1 is 0.976 bits per heavy atom. The molecule has 1 unspecified atom stereocenters. The molecular formula is C26H20Cl2F10N2O2. The van der Waals surface area contributed by atoms with Crippen molar-refractivity contribution in [2.45, 2.75) is 44.3 Å². The van der Waals surface area contributed by atoms with Crippen molar-refractivity contribution in [3.63, 3.8) is 0 Å². The number of carbonyl (C=O) groups is 2. The minimum absolute atomic E-state index is 0.00469. The Balaban J connectivity index is 2.49. The van der Waals surface area contributed by atoms with Gasteiger partial charge in [-0.25, -0.2) is 4.39 Å². The summed E-state index contributed by atoms with van der Waals surface area (Å²) in [6, 6.07) is 1.10. The zero-order chi connectivity index (χ0) is 32.4. The zero-order valence-electron chi connectivity index (χ0n) is 21.4. The molecule has 0 fully saturated rings. The maximum Gasteiger partial charge on any atom is 0.417 e. The van der Waals surface area contributed by atoms with Gasteiger partial charge in [0.1, 0.15) is 24.3 Å². The lowest BCUT2D eigenvalue weighted by atomic mass is 9.94. The first-order valence-electron chi connectivity index (χ1n) is 11.5. The molecule has 0 aliphatic heterocycles. The highest BCUT2D eigenvalue weighted by molar-refractivity contribution is 6.37. The number of rotatable bonds is 8. The minimum atomic E-state index is -5.34. The van der Waals surface area contributed by atoms with Gasteiger partial charge < -0.3 is 10.6 Å². The molecule has 0 bridgehead atoms. The smallest absolute Gasteiger partial charge is 0.345 e. The molecule has 0 aliphatic carbocycles. The predicted molar refractivity (Wildman–Crippen MR) is 136 cm³/mol. The molecule has 0 saturated carbocycles. The summed E-state index contributed by atoms with van der Waals surface area (Å²) in [6.07, 6.45) is -15.3. The number of alkyl halides is 9. The van der Waals surface area contributed by atoms with E-state index in [0.29, 0.717) is 17.7 Å². The average Bonchev–Trinajstić information content (AvgIpc) is 2.82. The van der Waals surface area contributed by atoms with Gasteiger partial charge in [0.2, 0.25) is 5.91 Å². The third-order valence-corrected chi connectivity index (χ3v) is 6.16. The van der Waals surface area contributed by atoms with Crippen LogP contribution >= 0.6 is 23.2 Å². The Hall–Kier alpha value is -3.26. The second-order valence-electron chi connectivity index (χ2n) is 8.96. The second-order valence-corrected chi connectivity index (χ2v) is 9.77. The van der Waals surface area contributed by atoms with E-state index in [1.54, 1.807) is 5.32 Å². The van der Waals surface area contributed by atoms with Crippen LogP contribution in [-0.4, -0.2) is 36.8 Å². The van der Waals surface area contributed by atoms with Crippen molar-refractivity contribution in [1.82, 2.24) is 10.6 Å². The van der Waals surface area contributed by atoms with Gasteiger partial charge in [-0.05, 0) is 55.3 Å². The van der Waals surface area contributed by atoms with Crippen LogP contribution in [0.3, 0.4) is 0 Å². The Kier molecular flexibility index (Phi) is 10.8. The molecule has 0 aliphatic rings. The van der Waals surface area contributed by atoms with E-state index < -0.39 is 76.9 Å². The van der Waals surface area contributed by atoms with Crippen LogP contribution in [-0.2, 0) is 11.0 Å². The highest BCUT2D eigenvalue weighted by Gasteiger charge is 2.41. The van der Waals surface area contributed by atoms with Gasteiger partial charge in [-0.3, -0.25) is 9.59 Å². The molecule has 0 aromatic heterocycles. The van der Waals surface area contributed by atoms with Gasteiger partial charge in [0, 0.05) is 21.2 Å². The van der Waals surface area contributed by atoms with E-state index in [4.69, 9.17) is 23.2 Å². The van der Waals surface area contributed by atoms with Crippen LogP contribution in [0.4, 0.5) is 43.9 Å². The molecule has 2 aromatic carbocycles. The molecule has 42 heavy (non-hydrogen) atoms. The lowest BCUT2D eigenvalue weighted by molar-refractivity contribution is -0.140. The van der Waals surface area contributed by atoms with Crippen molar-refractivity contribution in [1.29, 1.82) is 0 Å². The van der Waals surface area contributed by atoms with Crippen LogP contribution in [0.2, 0.25) is 10.0 Å². The normalized spacial score (nSPS) is 14.3. The van der Waals surface area contributed by atoms with Crippen LogP contribution in [0.15, 0.2) is 43.0 Å². The molecule has 0 heterocycles. The first kappa shape index (κ1) is 34.9. The summed E-state index contributed by atoms with van der Waals surface area (Å²) in [4.78, 5) is 24.2. The summed E-state index contributed by atoms with van der Waals surface area (Å²) in [5, 5.41) is 2.76. The number of benzene rings is 2. The zero-order valence-corrected chi connectivity index (χ0v) is 22.9. The van der Waals surface area contributed by atoms with E-state index in [1.165, 1.54) is 12.2 Å². The molecule has 2 rings (SSSR count). The molecule has 4 nitrogen and oxygen atoms in total. The largest absolute Gasteiger partial charge is 0.417 e. The van der Waals surface area contributed by atoms with Gasteiger partial charge in [0.15, 0.2) is 0 Å². The van der Waals surface area contributed by atoms with Crippen molar-refractivity contribution in [3.8, 4) is 0 Å². The fourth-order valence-corrected chi connectivity index (χ4v) is 4.43. The first-order valence-corrected chi connectivity index (χ1v) is 12.2. The number of hydrogen-bond donors (Lipinski definition) is 2. The van der Waals surface area contributed by atoms with Crippen molar-refractivity contribution in [3.05, 3.63) is 80.8 Å². The van der Waals surface area contributed by atoms with E-state index >= 15 is 4.39 Å². The van der Waals surface area contributed by atoms with E-state index in [1.807, 2.05) is 0 Å². The van der Waals surface area contributed by atoms with Gasteiger partial charge >= 0.3 is 18.5 Å². The van der Waals surface area contributed by atoms with Crippen molar-refractivity contribution in [2.75, 3.05) is 6.54 Å². The number of carbonyl (C=O) groups excluding carboxylic acids is 2. The summed E-state index contributed by atoms with van der Waals surface area (Å²) in [6.45, 7) is 4.22. The van der Waals surface area contributed by atoms with E-state index in [9.17, 15) is 49.1 Å². The Bertz CT molecular complexity index is 1380. The molecular weight excluding hydrogens is 633 g/mol. The number of allylic oxidation sites excluding steroid dienone is 2. The minimum Gasteiger partial charge on any atom is -0.345 e. The summed E-state index contributed by atoms with van der Waals surface area (Å²) >= 11 is 12.0. The molecule has 2 aromatic rings. The monoisotopic (exact) mass is 652 g/mol. The second kappa shape index (κ2) is 12.9. The molecule has 0 spiro atoms. The van der Waals surface area contributed by atoms with Gasteiger partial charge in [-0.15, -0.1) is 0 Å². The van der Waals surface area contributed by atoms with Crippen LogP contribution in [0, 0.1) is 0 Å². The fourth-order valence-electron chi connectivity index (χ4n) is 3.61. The number of amides is 2. The summed E-state index contributed by atoms with van der Waals surface area (Å²) < 4.78 is 135.